The minimum atomic E-state index is -0.394. The van der Waals surface area contributed by atoms with Gasteiger partial charge in [-0.15, -0.1) is 0 Å². The normalized spacial score (nSPS) is 12.7. The molecule has 0 aromatic heterocycles. The van der Waals surface area contributed by atoms with Crippen LogP contribution in [0.1, 0.15) is 39.5 Å². The summed E-state index contributed by atoms with van der Waals surface area (Å²) in [4.78, 5) is 44.4. The average Bonchev–Trinajstić information content (AvgIpc) is 2.46. The van der Waals surface area contributed by atoms with Crippen LogP contribution in [-0.4, -0.2) is 33.3 Å². The van der Waals surface area contributed by atoms with Crippen LogP contribution in [0, 0.1) is 0 Å². The van der Waals surface area contributed by atoms with E-state index in [1.807, 2.05) is 0 Å². The predicted molar refractivity (Wildman–Crippen MR) is 87.8 cm³/mol. The lowest BCUT2D eigenvalue weighted by molar-refractivity contribution is -0.129. The number of carbonyl (C=O) groups excluding carboxylic acids is 4. The van der Waals surface area contributed by atoms with Crippen molar-refractivity contribution in [1.82, 2.24) is 21.7 Å². The molecule has 0 aromatic carbocycles. The molecule has 126 valence electrons. The summed E-state index contributed by atoms with van der Waals surface area (Å²) in [6.07, 6.45) is 1.35. The van der Waals surface area contributed by atoms with E-state index in [-0.39, 0.29) is 36.5 Å². The molecule has 0 aromatic rings. The molecule has 2 unspecified atom stereocenters. The third kappa shape index (κ3) is 10.6. The van der Waals surface area contributed by atoms with E-state index >= 15 is 0 Å². The van der Waals surface area contributed by atoms with E-state index in [1.165, 1.54) is 0 Å². The minimum Gasteiger partial charge on any atom is -0.273 e. The maximum atomic E-state index is 11.4. The largest absolute Gasteiger partial charge is 0.273 e. The number of hydrogen-bond acceptors (Lipinski definition) is 4. The molecule has 4 amide bonds. The van der Waals surface area contributed by atoms with Crippen molar-refractivity contribution >= 4 is 55.5 Å². The Morgan fingerprint density at radius 2 is 1.05 bits per heavy atom. The molecule has 2 atom stereocenters. The van der Waals surface area contributed by atoms with Gasteiger partial charge < -0.3 is 0 Å². The van der Waals surface area contributed by atoms with Crippen LogP contribution in [-0.2, 0) is 19.2 Å². The maximum Gasteiger partial charge on any atom is 0.251 e. The van der Waals surface area contributed by atoms with Crippen molar-refractivity contribution in [2.24, 2.45) is 0 Å². The first-order valence-electron chi connectivity index (χ1n) is 6.69. The summed E-state index contributed by atoms with van der Waals surface area (Å²) < 4.78 is 0. The summed E-state index contributed by atoms with van der Waals surface area (Å²) in [6.45, 7) is 3.27. The highest BCUT2D eigenvalue weighted by atomic mass is 79.9. The topological polar surface area (TPSA) is 116 Å². The highest BCUT2D eigenvalue weighted by Crippen LogP contribution is 2.00. The minimum absolute atomic E-state index is 0.190. The Balaban J connectivity index is 3.67. The first kappa shape index (κ1) is 20.8. The van der Waals surface area contributed by atoms with E-state index in [9.17, 15) is 19.2 Å². The van der Waals surface area contributed by atoms with Crippen LogP contribution >= 0.6 is 31.9 Å². The van der Waals surface area contributed by atoms with Crippen LogP contribution in [0.2, 0.25) is 0 Å². The molecule has 0 aliphatic heterocycles. The Morgan fingerprint density at radius 3 is 1.32 bits per heavy atom. The van der Waals surface area contributed by atoms with Crippen molar-refractivity contribution in [1.29, 1.82) is 0 Å². The molecule has 10 heteroatoms. The van der Waals surface area contributed by atoms with Gasteiger partial charge in [-0.05, 0) is 26.7 Å². The van der Waals surface area contributed by atoms with Gasteiger partial charge >= 0.3 is 0 Å². The summed E-state index contributed by atoms with van der Waals surface area (Å²) in [5, 5.41) is 0. The van der Waals surface area contributed by atoms with E-state index < -0.39 is 9.65 Å². The monoisotopic (exact) mass is 442 g/mol. The van der Waals surface area contributed by atoms with Gasteiger partial charge in [0, 0.05) is 12.8 Å². The summed E-state index contributed by atoms with van der Waals surface area (Å²) in [7, 11) is 0. The van der Waals surface area contributed by atoms with Gasteiger partial charge in [0.25, 0.3) is 11.8 Å². The first-order chi connectivity index (χ1) is 10.2. The van der Waals surface area contributed by atoms with Gasteiger partial charge in [-0.3, -0.25) is 40.9 Å². The van der Waals surface area contributed by atoms with Crippen molar-refractivity contribution in [3.63, 3.8) is 0 Å². The molecule has 0 aliphatic carbocycles. The molecule has 0 saturated carbocycles. The average molecular weight is 444 g/mol. The third-order valence-corrected chi connectivity index (χ3v) is 3.26. The zero-order chi connectivity index (χ0) is 17.1. The third-order valence-electron chi connectivity index (χ3n) is 2.43. The summed E-state index contributed by atoms with van der Waals surface area (Å²) in [6, 6.07) is 0. The molecule has 0 bridgehead atoms. The lowest BCUT2D eigenvalue weighted by Crippen LogP contribution is -2.44. The van der Waals surface area contributed by atoms with Gasteiger partial charge in [0.2, 0.25) is 11.8 Å². The number of nitrogens with one attached hydrogen (secondary N) is 4. The van der Waals surface area contributed by atoms with Crippen LogP contribution in [0.25, 0.3) is 0 Å². The molecule has 0 rings (SSSR count). The molecule has 0 heterocycles. The molecule has 8 nitrogen and oxygen atoms in total. The number of unbranched alkanes of at least 4 members (excludes halogenated alkanes) is 1. The molecule has 0 aliphatic rings. The van der Waals surface area contributed by atoms with Gasteiger partial charge in [-0.2, -0.15) is 0 Å². The zero-order valence-corrected chi connectivity index (χ0v) is 15.5. The number of carbonyl (C=O) groups is 4. The Labute approximate surface area is 145 Å². The standard InChI is InChI=1S/C12H20Br2N4O4/c1-7(13)11(21)17-15-9(19)5-3-4-6-10(20)16-18-12(22)8(2)14/h7-8H,3-6H2,1-2H3,(H,15,19)(H,16,20)(H,17,21)(H,18,22). The van der Waals surface area contributed by atoms with Crippen molar-refractivity contribution < 1.29 is 19.2 Å². The fourth-order valence-electron chi connectivity index (χ4n) is 1.16. The fourth-order valence-corrected chi connectivity index (χ4v) is 1.39. The summed E-state index contributed by atoms with van der Waals surface area (Å²) in [5.41, 5.74) is 9.06. The van der Waals surface area contributed by atoms with Gasteiger partial charge in [0.05, 0.1) is 9.65 Å². The highest BCUT2D eigenvalue weighted by molar-refractivity contribution is 9.10. The highest BCUT2D eigenvalue weighted by Gasteiger charge is 2.11. The number of hydrazine groups is 2. The van der Waals surface area contributed by atoms with Gasteiger partial charge in [0.1, 0.15) is 0 Å². The van der Waals surface area contributed by atoms with E-state index in [4.69, 9.17) is 0 Å². The molecule has 0 radical (unpaired) electrons. The van der Waals surface area contributed by atoms with Crippen LogP contribution in [0.4, 0.5) is 0 Å². The lowest BCUT2D eigenvalue weighted by atomic mass is 10.2. The first-order valence-corrected chi connectivity index (χ1v) is 8.52. The van der Waals surface area contributed by atoms with Crippen LogP contribution in [0.3, 0.4) is 0 Å². The SMILES string of the molecule is CC(Br)C(=O)NNC(=O)CCCCC(=O)NNC(=O)C(C)Br. The Kier molecular flexibility index (Phi) is 10.8. The predicted octanol–water partition coefficient (Wildman–Crippen LogP) is 0.408. The second kappa shape index (κ2) is 11.4. The molecule has 0 saturated heterocycles. The van der Waals surface area contributed by atoms with Crippen LogP contribution in [0.5, 0.6) is 0 Å². The fraction of sp³-hybridized carbons (Fsp3) is 0.667. The zero-order valence-electron chi connectivity index (χ0n) is 12.4. The van der Waals surface area contributed by atoms with Gasteiger partial charge in [-0.1, -0.05) is 31.9 Å². The van der Waals surface area contributed by atoms with Crippen molar-refractivity contribution in [2.45, 2.75) is 49.2 Å². The van der Waals surface area contributed by atoms with E-state index in [0.29, 0.717) is 12.8 Å². The van der Waals surface area contributed by atoms with Crippen LogP contribution < -0.4 is 21.7 Å². The second-order valence-corrected chi connectivity index (χ2v) is 7.26. The quantitative estimate of drug-likeness (QED) is 0.259. The van der Waals surface area contributed by atoms with Crippen molar-refractivity contribution in [3.8, 4) is 0 Å². The van der Waals surface area contributed by atoms with Crippen molar-refractivity contribution in [2.75, 3.05) is 0 Å². The van der Waals surface area contributed by atoms with Gasteiger partial charge in [0.15, 0.2) is 0 Å². The van der Waals surface area contributed by atoms with Gasteiger partial charge in [-0.25, -0.2) is 0 Å². The molecule has 4 N–H and O–H groups in total. The number of hydrogen-bond donors (Lipinski definition) is 4. The lowest BCUT2D eigenvalue weighted by Gasteiger charge is -2.09. The molecule has 22 heavy (non-hydrogen) atoms. The summed E-state index contributed by atoms with van der Waals surface area (Å²) >= 11 is 6.13. The smallest absolute Gasteiger partial charge is 0.251 e. The number of halogens is 2. The molecular formula is C12H20Br2N4O4. The number of rotatable bonds is 7. The van der Waals surface area contributed by atoms with Crippen LogP contribution in [0.15, 0.2) is 0 Å². The molecular weight excluding hydrogens is 424 g/mol. The molecule has 0 spiro atoms. The maximum absolute atomic E-state index is 11.4. The van der Waals surface area contributed by atoms with E-state index in [0.717, 1.165) is 0 Å². The Bertz CT molecular complexity index is 378. The van der Waals surface area contributed by atoms with E-state index in [2.05, 4.69) is 53.6 Å². The number of alkyl halides is 2. The van der Waals surface area contributed by atoms with Crippen molar-refractivity contribution in [3.05, 3.63) is 0 Å². The molecule has 0 fully saturated rings. The number of amides is 4. The second-order valence-electron chi connectivity index (χ2n) is 4.51. The summed E-state index contributed by atoms with van der Waals surface area (Å²) in [5.74, 6) is -1.35. The van der Waals surface area contributed by atoms with E-state index in [1.54, 1.807) is 13.8 Å². The Morgan fingerprint density at radius 1 is 0.727 bits per heavy atom. The Hall–Kier alpha value is -1.16.